The van der Waals surface area contributed by atoms with Gasteiger partial charge in [0.25, 0.3) is 0 Å². The van der Waals surface area contributed by atoms with Gasteiger partial charge in [0.05, 0.1) is 39.6 Å². The monoisotopic (exact) mass is 262 g/mol. The molecule has 2 fully saturated rings. The fraction of sp³-hybridized carbons (Fsp3) is 1.00. The number of fused-ring (bicyclic) bond motifs is 1. The third-order valence-electron chi connectivity index (χ3n) is 2.63. The van der Waals surface area contributed by atoms with Crippen LogP contribution in [0.3, 0.4) is 0 Å². The summed E-state index contributed by atoms with van der Waals surface area (Å²) < 4.78 is 31.4. The second-order valence-electron chi connectivity index (χ2n) is 4.27. The first-order valence-corrected chi connectivity index (χ1v) is 6.54. The van der Waals surface area contributed by atoms with E-state index in [4.69, 9.17) is 28.4 Å². The fourth-order valence-corrected chi connectivity index (χ4v) is 1.46. The molecule has 0 amide bonds. The predicted molar refractivity (Wildman–Crippen MR) is 62.3 cm³/mol. The van der Waals surface area contributed by atoms with E-state index in [2.05, 4.69) is 6.92 Å². The Morgan fingerprint density at radius 1 is 0.778 bits per heavy atom. The molecule has 0 aromatic heterocycles. The highest BCUT2D eigenvalue weighted by atomic mass is 17.0. The van der Waals surface area contributed by atoms with Gasteiger partial charge in [0, 0.05) is 6.61 Å². The predicted octanol–water partition coefficient (Wildman–Crippen LogP) is 0.546. The van der Waals surface area contributed by atoms with Crippen LogP contribution in [0.4, 0.5) is 0 Å². The van der Waals surface area contributed by atoms with Crippen molar-refractivity contribution < 1.29 is 28.4 Å². The third-order valence-corrected chi connectivity index (χ3v) is 2.63. The molecule has 0 saturated carbocycles. The van der Waals surface area contributed by atoms with Gasteiger partial charge < -0.3 is 28.4 Å². The molecule has 2 aliphatic rings. The van der Waals surface area contributed by atoms with Gasteiger partial charge in [-0.2, -0.15) is 0 Å². The molecule has 6 heteroatoms. The topological polar surface area (TPSA) is 62.0 Å². The van der Waals surface area contributed by atoms with Crippen molar-refractivity contribution in [2.24, 2.45) is 0 Å². The Labute approximate surface area is 107 Å². The Hall–Kier alpha value is -0.240. The third kappa shape index (κ3) is 4.79. The second kappa shape index (κ2) is 7.37. The van der Waals surface area contributed by atoms with E-state index in [1.807, 2.05) is 0 Å². The van der Waals surface area contributed by atoms with Crippen LogP contribution in [0.25, 0.3) is 0 Å². The van der Waals surface area contributed by atoms with Crippen LogP contribution in [0.1, 0.15) is 13.3 Å². The molecule has 0 aliphatic carbocycles. The van der Waals surface area contributed by atoms with Crippen molar-refractivity contribution in [1.29, 1.82) is 0 Å². The van der Waals surface area contributed by atoms with Gasteiger partial charge in [0.15, 0.2) is 0 Å². The van der Waals surface area contributed by atoms with Crippen LogP contribution in [0, 0.1) is 0 Å². The van der Waals surface area contributed by atoms with Gasteiger partial charge in [-0.25, -0.2) is 0 Å². The molecule has 0 spiro atoms. The van der Waals surface area contributed by atoms with Crippen LogP contribution in [-0.4, -0.2) is 64.9 Å². The zero-order valence-electron chi connectivity index (χ0n) is 10.9. The number of rotatable bonds is 13. The van der Waals surface area contributed by atoms with Crippen molar-refractivity contribution >= 4 is 0 Å². The molecule has 106 valence electrons. The van der Waals surface area contributed by atoms with E-state index in [0.717, 1.165) is 13.0 Å². The van der Waals surface area contributed by atoms with Crippen LogP contribution >= 0.6 is 0 Å². The Morgan fingerprint density at radius 3 is 1.67 bits per heavy atom. The van der Waals surface area contributed by atoms with Crippen LogP contribution in [0.15, 0.2) is 0 Å². The van der Waals surface area contributed by atoms with E-state index in [1.54, 1.807) is 0 Å². The quantitative estimate of drug-likeness (QED) is 0.357. The van der Waals surface area contributed by atoms with Crippen LogP contribution in [0.2, 0.25) is 0 Å². The summed E-state index contributed by atoms with van der Waals surface area (Å²) in [7, 11) is 0. The summed E-state index contributed by atoms with van der Waals surface area (Å²) in [5, 5.41) is 0. The molecule has 0 bridgehead atoms. The van der Waals surface area contributed by atoms with E-state index >= 15 is 0 Å². The van der Waals surface area contributed by atoms with Crippen molar-refractivity contribution in [3.8, 4) is 0 Å². The van der Waals surface area contributed by atoms with Crippen molar-refractivity contribution in [1.82, 2.24) is 0 Å². The first kappa shape index (κ1) is 14.2. The Balaban J connectivity index is 1.22. The molecular formula is C12H22O6. The summed E-state index contributed by atoms with van der Waals surface area (Å²) in [6, 6.07) is 0. The zero-order valence-corrected chi connectivity index (χ0v) is 10.9. The number of ether oxygens (including phenoxy) is 6. The summed E-state index contributed by atoms with van der Waals surface area (Å²) in [6.07, 6.45) is 1.06. The Bertz CT molecular complexity index is 229. The van der Waals surface area contributed by atoms with Gasteiger partial charge in [0.1, 0.15) is 6.61 Å². The molecule has 2 saturated heterocycles. The van der Waals surface area contributed by atoms with Gasteiger partial charge >= 0.3 is 0 Å². The maximum absolute atomic E-state index is 5.34. The number of epoxide rings is 2. The molecule has 0 N–H and O–H groups in total. The van der Waals surface area contributed by atoms with E-state index in [1.165, 1.54) is 0 Å². The lowest BCUT2D eigenvalue weighted by Crippen LogP contribution is -2.15. The molecule has 0 aromatic rings. The molecule has 0 radical (unpaired) electrons. The smallest absolute Gasteiger partial charge is 0.249 e. The molecule has 0 atom stereocenters. The first-order valence-electron chi connectivity index (χ1n) is 6.54. The molecule has 2 rings (SSSR count). The molecule has 18 heavy (non-hydrogen) atoms. The number of hydrogen-bond donors (Lipinski definition) is 0. The van der Waals surface area contributed by atoms with Crippen molar-refractivity contribution in [3.05, 3.63) is 0 Å². The summed E-state index contributed by atoms with van der Waals surface area (Å²) in [5.74, 6) is -0.360. The average molecular weight is 262 g/mol. The molecule has 0 aromatic carbocycles. The van der Waals surface area contributed by atoms with Gasteiger partial charge in [0.2, 0.25) is 12.1 Å². The van der Waals surface area contributed by atoms with Gasteiger partial charge in [-0.1, -0.05) is 6.92 Å². The van der Waals surface area contributed by atoms with Gasteiger partial charge in [-0.15, -0.1) is 0 Å². The maximum Gasteiger partial charge on any atom is 0.249 e. The highest BCUT2D eigenvalue weighted by Crippen LogP contribution is 2.55. The summed E-state index contributed by atoms with van der Waals surface area (Å²) >= 11 is 0. The normalized spacial score (nSPS) is 28.2. The minimum absolute atomic E-state index is 0.0155. The lowest BCUT2D eigenvalue weighted by Gasteiger charge is -2.07. The Kier molecular flexibility index (Phi) is 5.81. The van der Waals surface area contributed by atoms with Crippen LogP contribution in [0.5, 0.6) is 0 Å². The summed E-state index contributed by atoms with van der Waals surface area (Å²) in [4.78, 5) is 0. The molecule has 2 heterocycles. The SMILES string of the molecule is CCCOCCOCCOCCOCC12OC1O2. The molecule has 2 aliphatic heterocycles. The van der Waals surface area contributed by atoms with E-state index in [0.29, 0.717) is 46.2 Å². The standard InChI is InChI=1S/C12H22O6/c1-2-3-13-4-5-14-6-7-15-8-9-16-10-12-11(17-12)18-12/h11H,2-10H2,1H3. The van der Waals surface area contributed by atoms with Crippen LogP contribution < -0.4 is 0 Å². The maximum atomic E-state index is 5.34. The van der Waals surface area contributed by atoms with Crippen molar-refractivity contribution in [3.63, 3.8) is 0 Å². The number of hydrogen-bond acceptors (Lipinski definition) is 6. The largest absolute Gasteiger partial charge is 0.379 e. The minimum Gasteiger partial charge on any atom is -0.379 e. The zero-order chi connectivity index (χ0) is 12.7. The highest BCUT2D eigenvalue weighted by Gasteiger charge is 2.77. The van der Waals surface area contributed by atoms with Crippen LogP contribution in [-0.2, 0) is 28.4 Å². The first-order chi connectivity index (χ1) is 8.87. The Morgan fingerprint density at radius 2 is 1.22 bits per heavy atom. The summed E-state index contributed by atoms with van der Waals surface area (Å²) in [6.45, 7) is 6.96. The highest BCUT2D eigenvalue weighted by molar-refractivity contribution is 5.02. The lowest BCUT2D eigenvalue weighted by atomic mass is 10.5. The van der Waals surface area contributed by atoms with E-state index < -0.39 is 0 Å². The van der Waals surface area contributed by atoms with Crippen molar-refractivity contribution in [2.45, 2.75) is 25.4 Å². The average Bonchev–Trinajstić information content (AvgIpc) is 3.20. The lowest BCUT2D eigenvalue weighted by molar-refractivity contribution is -0.0918. The van der Waals surface area contributed by atoms with Crippen molar-refractivity contribution in [2.75, 3.05) is 52.9 Å². The molecule has 6 nitrogen and oxygen atoms in total. The van der Waals surface area contributed by atoms with E-state index in [-0.39, 0.29) is 12.1 Å². The minimum atomic E-state index is -0.360. The van der Waals surface area contributed by atoms with Gasteiger partial charge in [-0.3, -0.25) is 0 Å². The van der Waals surface area contributed by atoms with Gasteiger partial charge in [-0.05, 0) is 6.42 Å². The second-order valence-corrected chi connectivity index (χ2v) is 4.27. The fourth-order valence-electron chi connectivity index (χ4n) is 1.46. The molecular weight excluding hydrogens is 240 g/mol. The summed E-state index contributed by atoms with van der Waals surface area (Å²) in [5.41, 5.74) is 0. The molecule has 0 unspecified atom stereocenters. The van der Waals surface area contributed by atoms with E-state index in [9.17, 15) is 0 Å².